The number of carbonyl (C=O) groups is 1. The first-order chi connectivity index (χ1) is 14.2. The lowest BCUT2D eigenvalue weighted by Crippen LogP contribution is -2.42. The van der Waals surface area contributed by atoms with E-state index in [9.17, 15) is 26.4 Å². The first-order valence-corrected chi connectivity index (χ1v) is 10.8. The van der Waals surface area contributed by atoms with Gasteiger partial charge in [-0.1, -0.05) is 18.2 Å². The van der Waals surface area contributed by atoms with E-state index in [4.69, 9.17) is 4.74 Å². The summed E-state index contributed by atoms with van der Waals surface area (Å²) in [7, 11) is -5.92. The van der Waals surface area contributed by atoms with Crippen molar-refractivity contribution in [1.29, 1.82) is 0 Å². The Bertz CT molecular complexity index is 1080. The molecular weight excluding hydrogens is 439 g/mol. The molecule has 31 heavy (non-hydrogen) atoms. The number of hydrogen-bond donors (Lipinski definition) is 0. The van der Waals surface area contributed by atoms with Gasteiger partial charge in [0.15, 0.2) is 0 Å². The van der Waals surface area contributed by atoms with Gasteiger partial charge in [0, 0.05) is 12.1 Å². The maximum atomic E-state index is 13.0. The number of amides is 1. The van der Waals surface area contributed by atoms with Gasteiger partial charge in [-0.25, -0.2) is 4.79 Å². The van der Waals surface area contributed by atoms with Crippen LogP contribution in [0.15, 0.2) is 30.3 Å². The van der Waals surface area contributed by atoms with Gasteiger partial charge in [-0.3, -0.25) is 4.90 Å². The topological polar surface area (TPSA) is 90.7 Å². The van der Waals surface area contributed by atoms with E-state index in [2.05, 4.69) is 9.28 Å². The quantitative estimate of drug-likeness (QED) is 0.508. The molecule has 0 spiro atoms. The summed E-state index contributed by atoms with van der Waals surface area (Å²) in [5.41, 5.74) is -5.62. The van der Waals surface area contributed by atoms with Gasteiger partial charge in [-0.2, -0.15) is 31.4 Å². The average molecular weight is 461 g/mol. The van der Waals surface area contributed by atoms with Crippen LogP contribution in [0.25, 0.3) is 5.69 Å². The fraction of sp³-hybridized carbons (Fsp3) is 0.474. The Morgan fingerprint density at radius 2 is 1.77 bits per heavy atom. The third-order valence-electron chi connectivity index (χ3n) is 4.53. The Morgan fingerprint density at radius 1 is 1.16 bits per heavy atom. The zero-order valence-corrected chi connectivity index (χ0v) is 18.1. The Kier molecular flexibility index (Phi) is 5.72. The number of benzene rings is 1. The van der Waals surface area contributed by atoms with Gasteiger partial charge in [0.25, 0.3) is 0 Å². The first kappa shape index (κ1) is 22.9. The van der Waals surface area contributed by atoms with Crippen molar-refractivity contribution >= 4 is 16.2 Å². The number of fused-ring (bicyclic) bond motifs is 1. The second-order valence-electron chi connectivity index (χ2n) is 8.00. The van der Waals surface area contributed by atoms with E-state index < -0.39 is 39.2 Å². The molecule has 12 heteroatoms. The molecule has 8 nitrogen and oxygen atoms in total. The number of hydrogen-bond acceptors (Lipinski definition) is 6. The highest BCUT2D eigenvalue weighted by Gasteiger charge is 2.50. The SMILES string of the molecule is C[C@H]1c2nn(-c3ccccc3)c(OS(=O)(=O)C(F)(F)F)c2CCN1C(=O)OC(C)(C)C. The predicted molar refractivity (Wildman–Crippen MR) is 104 cm³/mol. The van der Waals surface area contributed by atoms with E-state index in [1.807, 2.05) is 0 Å². The number of nitrogens with zero attached hydrogens (tertiary/aromatic N) is 3. The second kappa shape index (κ2) is 7.74. The molecule has 0 radical (unpaired) electrons. The molecule has 2 aromatic rings. The predicted octanol–water partition coefficient (Wildman–Crippen LogP) is 3.95. The van der Waals surface area contributed by atoms with Crippen molar-refractivity contribution in [1.82, 2.24) is 14.7 Å². The fourth-order valence-electron chi connectivity index (χ4n) is 3.15. The van der Waals surface area contributed by atoms with Gasteiger partial charge in [0.1, 0.15) is 5.60 Å². The molecule has 1 aromatic heterocycles. The number of rotatable bonds is 3. The molecule has 1 amide bonds. The Labute approximate surface area is 177 Å². The Morgan fingerprint density at radius 3 is 2.32 bits per heavy atom. The second-order valence-corrected chi connectivity index (χ2v) is 9.54. The number of alkyl halides is 3. The number of aromatic nitrogens is 2. The molecule has 0 saturated heterocycles. The third-order valence-corrected chi connectivity index (χ3v) is 5.48. The summed E-state index contributed by atoms with van der Waals surface area (Å²) in [6.45, 7) is 6.85. The molecule has 0 bridgehead atoms. The van der Waals surface area contributed by atoms with E-state index in [0.29, 0.717) is 5.69 Å². The maximum Gasteiger partial charge on any atom is 0.534 e. The van der Waals surface area contributed by atoms with Crippen molar-refractivity contribution in [2.45, 2.75) is 51.3 Å². The number of carbonyl (C=O) groups excluding carboxylic acids is 1. The average Bonchev–Trinajstić information content (AvgIpc) is 2.99. The highest BCUT2D eigenvalue weighted by atomic mass is 32.2. The van der Waals surface area contributed by atoms with Gasteiger partial charge in [-0.15, -0.1) is 0 Å². The Hall–Kier alpha value is -2.76. The molecule has 0 aliphatic carbocycles. The number of para-hydroxylation sites is 1. The van der Waals surface area contributed by atoms with Crippen LogP contribution in [-0.2, 0) is 21.3 Å². The zero-order chi connectivity index (χ0) is 23.2. The van der Waals surface area contributed by atoms with Crippen LogP contribution in [0.5, 0.6) is 5.88 Å². The minimum absolute atomic E-state index is 0.0362. The van der Waals surface area contributed by atoms with E-state index in [1.54, 1.807) is 58.0 Å². The van der Waals surface area contributed by atoms with Crippen molar-refractivity contribution in [2.24, 2.45) is 0 Å². The molecule has 1 atom stereocenters. The molecule has 170 valence electrons. The van der Waals surface area contributed by atoms with Gasteiger partial charge in [0.2, 0.25) is 5.88 Å². The maximum absolute atomic E-state index is 13.0. The summed E-state index contributed by atoms with van der Waals surface area (Å²) in [4.78, 5) is 13.9. The van der Waals surface area contributed by atoms with Crippen LogP contribution in [0.2, 0.25) is 0 Å². The molecular formula is C19H22F3N3O5S. The summed E-state index contributed by atoms with van der Waals surface area (Å²) in [5, 5.41) is 4.31. The van der Waals surface area contributed by atoms with Crippen LogP contribution in [0.1, 0.15) is 45.0 Å². The van der Waals surface area contributed by atoms with Crippen LogP contribution in [0, 0.1) is 0 Å². The van der Waals surface area contributed by atoms with Crippen molar-refractivity contribution in [3.8, 4) is 11.6 Å². The van der Waals surface area contributed by atoms with Gasteiger partial charge in [0.05, 0.1) is 17.4 Å². The zero-order valence-electron chi connectivity index (χ0n) is 17.3. The molecule has 0 unspecified atom stereocenters. The fourth-order valence-corrected chi connectivity index (χ4v) is 3.62. The summed E-state index contributed by atoms with van der Waals surface area (Å²) in [6.07, 6.45) is -0.570. The van der Waals surface area contributed by atoms with Crippen LogP contribution < -0.4 is 4.18 Å². The van der Waals surface area contributed by atoms with Gasteiger partial charge in [-0.05, 0) is 46.2 Å². The van der Waals surface area contributed by atoms with Crippen molar-refractivity contribution in [3.05, 3.63) is 41.6 Å². The largest absolute Gasteiger partial charge is 0.534 e. The molecule has 1 aliphatic rings. The minimum Gasteiger partial charge on any atom is -0.444 e. The monoisotopic (exact) mass is 461 g/mol. The van der Waals surface area contributed by atoms with E-state index in [-0.39, 0.29) is 24.2 Å². The summed E-state index contributed by atoms with van der Waals surface area (Å²) < 4.78 is 73.3. The lowest BCUT2D eigenvalue weighted by Gasteiger charge is -2.34. The standard InChI is InChI=1S/C19H22F3N3O5S/c1-12-15-14(10-11-24(12)17(26)29-18(2,3)4)16(30-31(27,28)19(20,21)22)25(23-15)13-8-6-5-7-9-13/h5-9,12H,10-11H2,1-4H3/t12-/m0/s1. The molecule has 0 fully saturated rings. The molecule has 3 rings (SSSR count). The molecule has 0 saturated carbocycles. The molecule has 1 aromatic carbocycles. The highest BCUT2D eigenvalue weighted by molar-refractivity contribution is 7.88. The lowest BCUT2D eigenvalue weighted by molar-refractivity contribution is -0.0502. The van der Waals surface area contributed by atoms with E-state index >= 15 is 0 Å². The van der Waals surface area contributed by atoms with Crippen molar-refractivity contribution in [2.75, 3.05) is 6.54 Å². The molecule has 2 heterocycles. The Balaban J connectivity index is 2.08. The smallest absolute Gasteiger partial charge is 0.444 e. The summed E-state index contributed by atoms with van der Waals surface area (Å²) in [5.74, 6) is -0.547. The minimum atomic E-state index is -5.92. The molecule has 0 N–H and O–H groups in total. The normalized spacial score (nSPS) is 17.3. The van der Waals surface area contributed by atoms with Crippen molar-refractivity contribution < 1.29 is 35.3 Å². The van der Waals surface area contributed by atoms with Crippen LogP contribution in [0.3, 0.4) is 0 Å². The number of halogens is 3. The lowest BCUT2D eigenvalue weighted by atomic mass is 10.0. The third kappa shape index (κ3) is 4.63. The van der Waals surface area contributed by atoms with Gasteiger partial charge < -0.3 is 8.92 Å². The molecule has 1 aliphatic heterocycles. The highest BCUT2D eigenvalue weighted by Crippen LogP contribution is 2.39. The van der Waals surface area contributed by atoms with Crippen LogP contribution in [-0.4, -0.2) is 46.8 Å². The van der Waals surface area contributed by atoms with E-state index in [0.717, 1.165) is 4.68 Å². The summed E-state index contributed by atoms with van der Waals surface area (Å²) >= 11 is 0. The van der Waals surface area contributed by atoms with Crippen LogP contribution >= 0.6 is 0 Å². The van der Waals surface area contributed by atoms with Crippen molar-refractivity contribution in [3.63, 3.8) is 0 Å². The number of ether oxygens (including phenoxy) is 1. The first-order valence-electron chi connectivity index (χ1n) is 9.39. The van der Waals surface area contributed by atoms with E-state index in [1.165, 1.54) is 4.90 Å². The van der Waals surface area contributed by atoms with Gasteiger partial charge >= 0.3 is 21.7 Å². The van der Waals surface area contributed by atoms with Crippen LogP contribution in [0.4, 0.5) is 18.0 Å². The summed E-state index contributed by atoms with van der Waals surface area (Å²) in [6, 6.07) is 7.33.